The van der Waals surface area contributed by atoms with Crippen LogP contribution in [0.25, 0.3) is 41.8 Å². The average Bonchev–Trinajstić information content (AvgIpc) is 1.61. The molecule has 7 amide bonds. The first kappa shape index (κ1) is 117. The smallest absolute Gasteiger partial charge is 0.255 e. The van der Waals surface area contributed by atoms with Gasteiger partial charge in [0, 0.05) is 129 Å². The van der Waals surface area contributed by atoms with Crippen molar-refractivity contribution in [2.75, 3.05) is 38.2 Å². The first-order valence-electron chi connectivity index (χ1n) is 52.1. The summed E-state index contributed by atoms with van der Waals surface area (Å²) in [5, 5.41) is 48.0. The molecule has 4 aromatic heterocycles. The number of aromatic nitrogens is 4. The third-order valence-corrected chi connectivity index (χ3v) is 34.6. The molecule has 0 saturated carbocycles. The molecule has 10 aromatic rings. The summed E-state index contributed by atoms with van der Waals surface area (Å²) in [6.45, 7) is 32.9. The van der Waals surface area contributed by atoms with Crippen LogP contribution in [0.5, 0.6) is 0 Å². The maximum atomic E-state index is 13.9. The third kappa shape index (κ3) is 29.7. The van der Waals surface area contributed by atoms with Gasteiger partial charge in [-0.25, -0.2) is 19.9 Å². The summed E-state index contributed by atoms with van der Waals surface area (Å²) in [7, 11) is 0. The number of thiazole rings is 4. The van der Waals surface area contributed by atoms with E-state index in [1.165, 1.54) is 19.6 Å². The van der Waals surface area contributed by atoms with Crippen LogP contribution in [0.2, 0.25) is 0 Å². The average molecular weight is 2270 g/mol. The molecule has 6 aromatic carbocycles. The maximum absolute atomic E-state index is 13.9. The Balaban J connectivity index is 0.000000167. The van der Waals surface area contributed by atoms with Crippen LogP contribution >= 0.6 is 89.0 Å². The minimum Gasteiger partial charge on any atom is -0.391 e. The van der Waals surface area contributed by atoms with Crippen LogP contribution in [0.15, 0.2) is 164 Å². The lowest BCUT2D eigenvalue weighted by molar-refractivity contribution is -0.143. The van der Waals surface area contributed by atoms with Crippen LogP contribution in [0.1, 0.15) is 231 Å². The fraction of sp³-hybridized carbons (Fsp3) is 0.491. The molecule has 0 radical (unpaired) electrons. The van der Waals surface area contributed by atoms with Gasteiger partial charge in [0.15, 0.2) is 23.1 Å². The van der Waals surface area contributed by atoms with Gasteiger partial charge in [0.05, 0.1) is 119 Å². The van der Waals surface area contributed by atoms with Crippen molar-refractivity contribution in [2.24, 2.45) is 29.1 Å². The second-order valence-corrected chi connectivity index (χ2v) is 49.2. The first-order valence-corrected chi connectivity index (χ1v) is 58.6. The Morgan fingerprint density at radius 2 is 0.787 bits per heavy atom. The molecular formula is C116H144Br2N12O15S5. The molecule has 16 rings (SSSR count). The van der Waals surface area contributed by atoms with Gasteiger partial charge in [0.1, 0.15) is 18.1 Å². The summed E-state index contributed by atoms with van der Waals surface area (Å²) in [5.41, 5.74) is 22.4. The number of benzene rings is 6. The number of carbonyl (C=O) groups excluding carboxylic acids is 11. The van der Waals surface area contributed by atoms with Crippen LogP contribution in [0.3, 0.4) is 0 Å². The number of thioether (sulfide) groups is 1. The summed E-state index contributed by atoms with van der Waals surface area (Å²) in [5.74, 6) is -0.530. The second kappa shape index (κ2) is 53.2. The van der Waals surface area contributed by atoms with E-state index in [0.29, 0.717) is 80.8 Å². The van der Waals surface area contributed by atoms with Crippen molar-refractivity contribution < 1.29 is 73.2 Å². The number of aliphatic hydroxyl groups is 4. The van der Waals surface area contributed by atoms with Gasteiger partial charge in [-0.05, 0) is 194 Å². The third-order valence-electron chi connectivity index (χ3n) is 28.8. The highest BCUT2D eigenvalue weighted by Gasteiger charge is 2.50. The molecule has 10 heterocycles. The van der Waals surface area contributed by atoms with E-state index >= 15 is 0 Å². The van der Waals surface area contributed by atoms with E-state index in [4.69, 9.17) is 0 Å². The van der Waals surface area contributed by atoms with Crippen LogP contribution < -0.4 is 10.6 Å². The predicted molar refractivity (Wildman–Crippen MR) is 602 cm³/mol. The minimum absolute atomic E-state index is 0.0260. The van der Waals surface area contributed by atoms with Gasteiger partial charge in [-0.15, -0.1) is 45.3 Å². The Morgan fingerprint density at radius 3 is 1.11 bits per heavy atom. The SMILES string of the molecule is CSC[C@H](NC(C)CCC(C)C)C(=O)N1C[C@H](O)C[C@H]1C(=O)CCc1ccc(-c2scnc2C)cc1.Cc1ncsc1-c1ccc(CCC(=O)[C@@H]2C[C@@H](O)CN2C(=O)[C@@H](NC(=O)CC(C)C)C(C)(C)C)cc1.Cc1ncsc1-c1ccc(CCC(=O)[C@@H]2C[C@@H](O)CN2C(=O)[C@H](C(C)C)N2Cc3c(Br)cccc3C2=O)cc1.Cc1ncsc1-c1ccc(CCC(=O)[C@@H]2C[C@@H](O)CN2C(=O)[C@H](C(C)C)N2Cc3cc(Br)ccc3C2=O)cc1. The topological polar surface area (TPSA) is 364 Å². The van der Waals surface area contributed by atoms with Crippen LogP contribution in [0.4, 0.5) is 0 Å². The van der Waals surface area contributed by atoms with Crippen molar-refractivity contribution in [1.82, 2.24) is 60.0 Å². The normalized spacial score (nSPS) is 19.4. The molecule has 802 valence electrons. The molecule has 27 nitrogen and oxygen atoms in total. The molecule has 0 spiro atoms. The van der Waals surface area contributed by atoms with Crippen molar-refractivity contribution in [3.63, 3.8) is 0 Å². The number of ketones is 4. The zero-order chi connectivity index (χ0) is 109. The molecule has 1 unspecified atom stereocenters. The van der Waals surface area contributed by atoms with E-state index < -0.39 is 72.1 Å². The number of β-amino-alcohol motifs (C(OH)–C–C–N with tert-alkyl or cyclic N) is 4. The van der Waals surface area contributed by atoms with E-state index in [1.54, 1.807) is 83.9 Å². The Bertz CT molecular complexity index is 6380. The van der Waals surface area contributed by atoms with Crippen molar-refractivity contribution >= 4 is 153 Å². The summed E-state index contributed by atoms with van der Waals surface area (Å²) in [4.78, 5) is 178. The molecule has 34 heteroatoms. The number of likely N-dealkylation sites (tertiary alicyclic amines) is 4. The second-order valence-electron chi connectivity index (χ2n) is 43.1. The number of fused-ring (bicyclic) bond motifs is 2. The highest BCUT2D eigenvalue weighted by Crippen LogP contribution is 2.40. The lowest BCUT2D eigenvalue weighted by Gasteiger charge is -2.35. The Labute approximate surface area is 919 Å². The predicted octanol–water partition coefficient (Wildman–Crippen LogP) is 18.9. The van der Waals surface area contributed by atoms with Crippen molar-refractivity contribution in [3.8, 4) is 41.8 Å². The zero-order valence-electron chi connectivity index (χ0n) is 88.9. The number of aliphatic hydroxyl groups excluding tert-OH is 4. The molecular weight excluding hydrogens is 2120 g/mol. The largest absolute Gasteiger partial charge is 0.391 e. The quantitative estimate of drug-likeness (QED) is 0.0209. The monoisotopic (exact) mass is 2260 g/mol. The minimum atomic E-state index is -0.771. The molecule has 4 saturated heterocycles. The van der Waals surface area contributed by atoms with Gasteiger partial charge >= 0.3 is 0 Å². The van der Waals surface area contributed by atoms with E-state index in [1.807, 2.05) is 215 Å². The zero-order valence-corrected chi connectivity index (χ0v) is 96.2. The molecule has 13 atom stereocenters. The van der Waals surface area contributed by atoms with Crippen LogP contribution in [0, 0.1) is 56.8 Å². The van der Waals surface area contributed by atoms with E-state index in [9.17, 15) is 73.2 Å². The molecule has 0 aliphatic carbocycles. The molecule has 150 heavy (non-hydrogen) atoms. The van der Waals surface area contributed by atoms with Gasteiger partial charge in [-0.2, -0.15) is 11.8 Å². The summed E-state index contributed by atoms with van der Waals surface area (Å²) in [6, 6.07) is 38.7. The van der Waals surface area contributed by atoms with Crippen molar-refractivity contribution in [2.45, 2.75) is 299 Å². The van der Waals surface area contributed by atoms with Gasteiger partial charge in [0.2, 0.25) is 29.5 Å². The van der Waals surface area contributed by atoms with E-state index in [-0.39, 0.29) is 159 Å². The molecule has 4 fully saturated rings. The first-order chi connectivity index (χ1) is 71.3. The van der Waals surface area contributed by atoms with Gasteiger partial charge in [-0.3, -0.25) is 52.7 Å². The molecule has 6 aliphatic rings. The standard InChI is InChI=1S/2C30H32BrN3O4S.C28H39N3O4S.C28H41N3O3S2/c1-17(2)27(34-14-21-12-22(31)9-10-24(21)29(34)37)30(38)33-15-23(35)13-25(33)26(36)11-6-19-4-7-20(8-5-19)28-18(3)32-16-39-28;1-17(2)27(34-15-23-22(29(34)37)5-4-6-24(23)31)30(38)33-14-21(35)13-25(33)26(36)12-9-19-7-10-20(11-8-19)28-18(3)32-16-39-28;1-17(2)13-24(34)30-26(28(4,5)6)27(35)31-15-21(32)14-22(31)23(33)12-9-19-7-10-20(11-8-19)25-18(3)29-16-36-25;1-18(2)6-7-19(3)30-24(16-35-5)28(34)31-15-23(32)14-25(31)26(33)13-10-21-8-11-22(12-9-21)27-20(4)29-17-36-27/h4-5,7-10,12,16-17,23,25,27,35H,6,11,13-15H2,1-3H3;4-8,10-11,16-17,21,25,27,35H,9,12-15H2,1-3H3;7-8,10-11,16-17,21-22,26,32H,9,12-15H2,1-6H3,(H,30,34);8-9,11-12,17-19,23-25,30,32H,6-7,10,13-16H2,1-5H3/t23-,25+,27+;21-,25+,27+;21-,22+,26-;19?,23-,24+,25+/m1111/s1. The number of nitrogens with one attached hydrogen (secondary N) is 2. The number of hydrogen-bond donors (Lipinski definition) is 6. The highest BCUT2D eigenvalue weighted by molar-refractivity contribution is 9.10. The van der Waals surface area contributed by atoms with Gasteiger partial charge in [0.25, 0.3) is 11.8 Å². The van der Waals surface area contributed by atoms with Crippen LogP contribution in [-0.2, 0) is 81.9 Å². The number of rotatable bonds is 38. The number of carbonyl (C=O) groups is 11. The fourth-order valence-electron chi connectivity index (χ4n) is 20.7. The van der Waals surface area contributed by atoms with Gasteiger partial charge in [-0.1, -0.05) is 211 Å². The summed E-state index contributed by atoms with van der Waals surface area (Å²) >= 11 is 15.0. The Hall–Kier alpha value is -10.1. The number of hydrogen-bond acceptors (Lipinski definition) is 25. The van der Waals surface area contributed by atoms with E-state index in [2.05, 4.69) is 107 Å². The van der Waals surface area contributed by atoms with Crippen LogP contribution in [-0.4, -0.2) is 251 Å². The van der Waals surface area contributed by atoms with E-state index in [0.717, 1.165) is 115 Å². The number of aryl methyl sites for hydroxylation is 8. The lowest BCUT2D eigenvalue weighted by Crippen LogP contribution is -2.56. The highest BCUT2D eigenvalue weighted by atomic mass is 79.9. The summed E-state index contributed by atoms with van der Waals surface area (Å²) in [6.07, 6.45) is 5.93. The Morgan fingerprint density at radius 1 is 0.440 bits per heavy atom. The number of halogens is 2. The summed E-state index contributed by atoms with van der Waals surface area (Å²) < 4.78 is 1.72. The number of nitrogens with zero attached hydrogens (tertiary/aromatic N) is 10. The maximum Gasteiger partial charge on any atom is 0.255 e. The number of Topliss-reactive ketones (excluding diaryl/α,β-unsaturated/α-hetero) is 4. The number of amides is 7. The molecule has 0 bridgehead atoms. The van der Waals surface area contributed by atoms with Crippen molar-refractivity contribution in [1.29, 1.82) is 0 Å². The lowest BCUT2D eigenvalue weighted by atomic mass is 9.85. The van der Waals surface area contributed by atoms with Gasteiger partial charge < -0.3 is 60.5 Å². The fourth-order valence-corrected chi connectivity index (χ4v) is 25.5. The molecule has 6 aliphatic heterocycles. The van der Waals surface area contributed by atoms with Crippen molar-refractivity contribution in [3.05, 3.63) is 232 Å². The molecule has 6 N–H and O–H groups in total. The Kier molecular flexibility index (Phi) is 41.5.